The van der Waals surface area contributed by atoms with Gasteiger partial charge in [-0.3, -0.25) is 4.79 Å². The van der Waals surface area contributed by atoms with Crippen LogP contribution in [0.15, 0.2) is 0 Å². The molecule has 0 aliphatic heterocycles. The molecule has 4 heteroatoms. The van der Waals surface area contributed by atoms with E-state index in [1.54, 1.807) is 6.92 Å². The molecule has 1 atom stereocenters. The zero-order valence-electron chi connectivity index (χ0n) is 21.2. The standard InChI is InChI=1S/C20H40ClNO.C6H15N/c1-3-4-5-6-7-8-9-10-11-12-13-14-15-16-17-18-20(23)22-19(2)21;1-4-7(5-2)6-3/h19H,3-18H2,1-2H3,(H,22,23);4-6H2,1-3H3. The summed E-state index contributed by atoms with van der Waals surface area (Å²) >= 11 is 5.71. The second-order valence-electron chi connectivity index (χ2n) is 8.50. The Balaban J connectivity index is 0. The number of alkyl halides is 1. The number of hydrogen-bond donors (Lipinski definition) is 1. The highest BCUT2D eigenvalue weighted by atomic mass is 35.5. The number of unbranched alkanes of at least 4 members (excludes halogenated alkanes) is 14. The Hall–Kier alpha value is -0.280. The summed E-state index contributed by atoms with van der Waals surface area (Å²) in [6.45, 7) is 14.2. The van der Waals surface area contributed by atoms with Crippen LogP contribution >= 0.6 is 11.6 Å². The lowest BCUT2D eigenvalue weighted by atomic mass is 10.0. The minimum atomic E-state index is -0.251. The van der Waals surface area contributed by atoms with Gasteiger partial charge in [0.1, 0.15) is 5.50 Å². The highest BCUT2D eigenvalue weighted by molar-refractivity contribution is 6.21. The molecule has 30 heavy (non-hydrogen) atoms. The molecule has 0 saturated heterocycles. The fourth-order valence-corrected chi connectivity index (χ4v) is 3.74. The number of hydrogen-bond acceptors (Lipinski definition) is 2. The van der Waals surface area contributed by atoms with E-state index < -0.39 is 0 Å². The van der Waals surface area contributed by atoms with Crippen LogP contribution in [0.2, 0.25) is 0 Å². The van der Waals surface area contributed by atoms with Crippen LogP contribution in [-0.4, -0.2) is 35.9 Å². The Morgan fingerprint density at radius 1 is 0.667 bits per heavy atom. The van der Waals surface area contributed by atoms with Gasteiger partial charge in [0, 0.05) is 6.42 Å². The van der Waals surface area contributed by atoms with Crippen LogP contribution in [0.3, 0.4) is 0 Å². The van der Waals surface area contributed by atoms with Crippen LogP contribution in [0, 0.1) is 0 Å². The maximum absolute atomic E-state index is 11.4. The smallest absolute Gasteiger partial charge is 0.221 e. The average Bonchev–Trinajstić information content (AvgIpc) is 2.72. The molecule has 0 aliphatic carbocycles. The van der Waals surface area contributed by atoms with Crippen LogP contribution in [0.4, 0.5) is 0 Å². The van der Waals surface area contributed by atoms with E-state index in [-0.39, 0.29) is 11.4 Å². The summed E-state index contributed by atoms with van der Waals surface area (Å²) in [5, 5.41) is 2.72. The number of nitrogens with one attached hydrogen (secondary N) is 1. The lowest BCUT2D eigenvalue weighted by Gasteiger charge is -2.13. The number of carbonyl (C=O) groups is 1. The van der Waals surface area contributed by atoms with Crippen molar-refractivity contribution < 1.29 is 4.79 Å². The third-order valence-corrected chi connectivity index (χ3v) is 5.82. The molecule has 182 valence electrons. The number of carbonyl (C=O) groups excluding carboxylic acids is 1. The van der Waals surface area contributed by atoms with Gasteiger partial charge in [-0.2, -0.15) is 0 Å². The second-order valence-corrected chi connectivity index (χ2v) is 9.16. The predicted molar refractivity (Wildman–Crippen MR) is 136 cm³/mol. The number of rotatable bonds is 20. The van der Waals surface area contributed by atoms with E-state index in [9.17, 15) is 4.79 Å². The van der Waals surface area contributed by atoms with Crippen molar-refractivity contribution in [3.05, 3.63) is 0 Å². The minimum Gasteiger partial charge on any atom is -0.340 e. The Bertz CT molecular complexity index is 327. The molecule has 1 amide bonds. The Morgan fingerprint density at radius 3 is 1.27 bits per heavy atom. The lowest BCUT2D eigenvalue weighted by molar-refractivity contribution is -0.121. The van der Waals surface area contributed by atoms with E-state index in [1.165, 1.54) is 110 Å². The fraction of sp³-hybridized carbons (Fsp3) is 0.962. The highest BCUT2D eigenvalue weighted by Crippen LogP contribution is 2.13. The van der Waals surface area contributed by atoms with E-state index in [2.05, 4.69) is 37.9 Å². The van der Waals surface area contributed by atoms with E-state index >= 15 is 0 Å². The summed E-state index contributed by atoms with van der Waals surface area (Å²) < 4.78 is 0. The van der Waals surface area contributed by atoms with E-state index in [1.807, 2.05) is 0 Å². The van der Waals surface area contributed by atoms with Gasteiger partial charge in [0.25, 0.3) is 0 Å². The van der Waals surface area contributed by atoms with E-state index in [0.717, 1.165) is 6.42 Å². The lowest BCUT2D eigenvalue weighted by Crippen LogP contribution is -2.28. The molecule has 1 unspecified atom stereocenters. The summed E-state index contributed by atoms with van der Waals surface area (Å²) in [5.41, 5.74) is -0.251. The first-order valence-electron chi connectivity index (χ1n) is 13.2. The van der Waals surface area contributed by atoms with Gasteiger partial charge < -0.3 is 10.2 Å². The summed E-state index contributed by atoms with van der Waals surface area (Å²) in [6, 6.07) is 0. The van der Waals surface area contributed by atoms with Gasteiger partial charge in [-0.15, -0.1) is 0 Å². The van der Waals surface area contributed by atoms with Crippen molar-refractivity contribution in [2.45, 2.75) is 143 Å². The van der Waals surface area contributed by atoms with Gasteiger partial charge in [-0.05, 0) is 33.0 Å². The third kappa shape index (κ3) is 27.7. The molecule has 0 aromatic heterocycles. The average molecular weight is 447 g/mol. The topological polar surface area (TPSA) is 32.3 Å². The van der Waals surface area contributed by atoms with Crippen molar-refractivity contribution in [2.75, 3.05) is 19.6 Å². The number of nitrogens with zero attached hydrogens (tertiary/aromatic N) is 1. The molecule has 0 spiro atoms. The maximum atomic E-state index is 11.4. The van der Waals surface area contributed by atoms with Gasteiger partial charge in [0.2, 0.25) is 5.91 Å². The first-order chi connectivity index (χ1) is 14.5. The molecule has 0 fully saturated rings. The first-order valence-corrected chi connectivity index (χ1v) is 13.6. The summed E-state index contributed by atoms with van der Waals surface area (Å²) in [6.07, 6.45) is 20.9. The Morgan fingerprint density at radius 2 is 1.00 bits per heavy atom. The normalized spacial score (nSPS) is 11.8. The Labute approximate surface area is 195 Å². The number of amides is 1. The second kappa shape index (κ2) is 26.8. The van der Waals surface area contributed by atoms with E-state index in [4.69, 9.17) is 11.6 Å². The quantitative estimate of drug-likeness (QED) is 0.116. The molecular weight excluding hydrogens is 392 g/mol. The largest absolute Gasteiger partial charge is 0.340 e. The molecule has 0 aromatic rings. The van der Waals surface area contributed by atoms with Gasteiger partial charge in [0.05, 0.1) is 0 Å². The molecule has 0 heterocycles. The SMILES string of the molecule is CCCCCCCCCCCCCCCCCC(=O)NC(C)Cl.CCN(CC)CC. The third-order valence-electron chi connectivity index (χ3n) is 5.71. The first kappa shape index (κ1) is 31.9. The summed E-state index contributed by atoms with van der Waals surface area (Å²) in [4.78, 5) is 13.8. The van der Waals surface area contributed by atoms with Gasteiger partial charge in [0.15, 0.2) is 0 Å². The predicted octanol–water partition coefficient (Wildman–Crippen LogP) is 8.30. The zero-order chi connectivity index (χ0) is 22.9. The molecule has 0 radical (unpaired) electrons. The van der Waals surface area contributed by atoms with Crippen molar-refractivity contribution in [3.63, 3.8) is 0 Å². The molecule has 0 bridgehead atoms. The van der Waals surface area contributed by atoms with Gasteiger partial charge in [-0.25, -0.2) is 0 Å². The van der Waals surface area contributed by atoms with Crippen LogP contribution < -0.4 is 5.32 Å². The molecule has 0 saturated carbocycles. The molecule has 1 N–H and O–H groups in total. The molecule has 0 aromatic carbocycles. The van der Waals surface area contributed by atoms with Crippen LogP contribution in [0.25, 0.3) is 0 Å². The van der Waals surface area contributed by atoms with Crippen molar-refractivity contribution in [1.29, 1.82) is 0 Å². The fourth-order valence-electron chi connectivity index (χ4n) is 3.62. The minimum absolute atomic E-state index is 0.0854. The molecule has 0 aliphatic rings. The molecule has 0 rings (SSSR count). The van der Waals surface area contributed by atoms with Crippen LogP contribution in [0.1, 0.15) is 137 Å². The highest BCUT2D eigenvalue weighted by Gasteiger charge is 2.03. The van der Waals surface area contributed by atoms with Crippen molar-refractivity contribution >= 4 is 17.5 Å². The summed E-state index contributed by atoms with van der Waals surface area (Å²) in [5.74, 6) is 0.0854. The van der Waals surface area contributed by atoms with E-state index in [0.29, 0.717) is 6.42 Å². The monoisotopic (exact) mass is 446 g/mol. The maximum Gasteiger partial charge on any atom is 0.221 e. The van der Waals surface area contributed by atoms with Gasteiger partial charge >= 0.3 is 0 Å². The van der Waals surface area contributed by atoms with Crippen molar-refractivity contribution in [3.8, 4) is 0 Å². The zero-order valence-corrected chi connectivity index (χ0v) is 22.0. The van der Waals surface area contributed by atoms with Crippen molar-refractivity contribution in [1.82, 2.24) is 10.2 Å². The van der Waals surface area contributed by atoms with Crippen molar-refractivity contribution in [2.24, 2.45) is 0 Å². The summed E-state index contributed by atoms with van der Waals surface area (Å²) in [7, 11) is 0. The Kier molecular flexibility index (Phi) is 28.5. The molecular formula is C26H55ClN2O. The van der Waals surface area contributed by atoms with Crippen LogP contribution in [0.5, 0.6) is 0 Å². The van der Waals surface area contributed by atoms with Gasteiger partial charge in [-0.1, -0.05) is 129 Å². The van der Waals surface area contributed by atoms with Crippen LogP contribution in [-0.2, 0) is 4.79 Å². The molecule has 3 nitrogen and oxygen atoms in total. The number of halogens is 1.